The summed E-state index contributed by atoms with van der Waals surface area (Å²) in [6.07, 6.45) is 0. The van der Waals surface area contributed by atoms with Crippen LogP contribution in [0.15, 0.2) is 206 Å². The van der Waals surface area contributed by atoms with Gasteiger partial charge in [-0.1, -0.05) is 146 Å². The largest absolute Gasteiger partial charge is 0.309 e. The molecule has 0 fully saturated rings. The van der Waals surface area contributed by atoms with E-state index in [-0.39, 0.29) is 0 Å². The van der Waals surface area contributed by atoms with Crippen LogP contribution in [-0.4, -0.2) is 19.1 Å². The van der Waals surface area contributed by atoms with Gasteiger partial charge in [0.15, 0.2) is 5.82 Å². The highest BCUT2D eigenvalue weighted by molar-refractivity contribution is 6.19. The van der Waals surface area contributed by atoms with Gasteiger partial charge in [-0.2, -0.15) is 0 Å². The first-order valence-electron chi connectivity index (χ1n) is 19.7. The second-order valence-electron chi connectivity index (χ2n) is 15.0. The molecule has 0 atom stereocenters. The molecule has 0 aliphatic heterocycles. The second-order valence-corrected chi connectivity index (χ2v) is 15.0. The lowest BCUT2D eigenvalue weighted by Gasteiger charge is -2.14. The highest BCUT2D eigenvalue weighted by atomic mass is 15.1. The third-order valence-electron chi connectivity index (χ3n) is 11.7. The van der Waals surface area contributed by atoms with Gasteiger partial charge in [-0.25, -0.2) is 9.97 Å². The predicted molar refractivity (Wildman–Crippen MR) is 242 cm³/mol. The van der Waals surface area contributed by atoms with Crippen molar-refractivity contribution in [1.82, 2.24) is 19.1 Å². The van der Waals surface area contributed by atoms with Crippen LogP contribution in [0.5, 0.6) is 0 Å². The number of nitrogens with zero attached hydrogens (tertiary/aromatic N) is 4. The molecule has 3 heterocycles. The van der Waals surface area contributed by atoms with E-state index in [1.54, 1.807) is 0 Å². The quantitative estimate of drug-likeness (QED) is 0.176. The Morgan fingerprint density at radius 2 is 0.931 bits per heavy atom. The normalized spacial score (nSPS) is 11.8. The molecule has 12 aromatic rings. The number of rotatable bonds is 5. The first-order chi connectivity index (χ1) is 28.8. The number of para-hydroxylation sites is 4. The molecule has 0 aliphatic carbocycles. The van der Waals surface area contributed by atoms with Crippen molar-refractivity contribution in [2.24, 2.45) is 0 Å². The maximum Gasteiger partial charge on any atom is 0.165 e. The van der Waals surface area contributed by atoms with Gasteiger partial charge < -0.3 is 4.57 Å². The summed E-state index contributed by atoms with van der Waals surface area (Å²) in [6.45, 7) is 0. The molecule has 0 saturated carbocycles. The van der Waals surface area contributed by atoms with E-state index in [0.29, 0.717) is 0 Å². The minimum atomic E-state index is 0.803. The van der Waals surface area contributed by atoms with E-state index in [1.165, 1.54) is 60.1 Å². The van der Waals surface area contributed by atoms with Crippen LogP contribution in [-0.2, 0) is 0 Å². The lowest BCUT2D eigenvalue weighted by Crippen LogP contribution is -2.04. The topological polar surface area (TPSA) is 35.6 Å². The average Bonchev–Trinajstić information content (AvgIpc) is 3.80. The van der Waals surface area contributed by atoms with Crippen LogP contribution in [0.1, 0.15) is 0 Å². The summed E-state index contributed by atoms with van der Waals surface area (Å²) in [6, 6.07) is 73.8. The van der Waals surface area contributed by atoms with Gasteiger partial charge >= 0.3 is 0 Å². The maximum absolute atomic E-state index is 5.51. The molecular weight excluding hydrogens is 705 g/mol. The Bertz CT molecular complexity index is 3540. The van der Waals surface area contributed by atoms with Gasteiger partial charge in [0.05, 0.1) is 33.1 Å². The number of fused-ring (bicyclic) bond motifs is 8. The third-order valence-corrected chi connectivity index (χ3v) is 11.7. The van der Waals surface area contributed by atoms with Gasteiger partial charge in [0, 0.05) is 32.8 Å². The fourth-order valence-corrected chi connectivity index (χ4v) is 9.01. The maximum atomic E-state index is 5.51. The summed E-state index contributed by atoms with van der Waals surface area (Å²) >= 11 is 0. The lowest BCUT2D eigenvalue weighted by atomic mass is 9.96. The van der Waals surface area contributed by atoms with E-state index in [4.69, 9.17) is 9.97 Å². The average molecular weight is 739 g/mol. The van der Waals surface area contributed by atoms with Crippen molar-refractivity contribution in [3.8, 4) is 45.0 Å². The Balaban J connectivity index is 1.15. The minimum Gasteiger partial charge on any atom is -0.309 e. The van der Waals surface area contributed by atoms with E-state index in [2.05, 4.69) is 203 Å². The second kappa shape index (κ2) is 12.9. The molecule has 0 radical (unpaired) electrons. The van der Waals surface area contributed by atoms with Gasteiger partial charge in [-0.3, -0.25) is 4.57 Å². The van der Waals surface area contributed by atoms with Gasteiger partial charge in [0.2, 0.25) is 0 Å². The molecule has 0 amide bonds. The minimum absolute atomic E-state index is 0.803. The first kappa shape index (κ1) is 32.4. The fourth-order valence-electron chi connectivity index (χ4n) is 9.01. The van der Waals surface area contributed by atoms with Crippen molar-refractivity contribution in [2.45, 2.75) is 0 Å². The highest BCUT2D eigenvalue weighted by Gasteiger charge is 2.23. The van der Waals surface area contributed by atoms with Crippen molar-refractivity contribution in [3.63, 3.8) is 0 Å². The molecule has 4 heteroatoms. The summed E-state index contributed by atoms with van der Waals surface area (Å²) in [5, 5.41) is 7.13. The highest BCUT2D eigenvalue weighted by Crippen LogP contribution is 2.43. The summed E-state index contributed by atoms with van der Waals surface area (Å²) in [5.74, 6) is 0.803. The number of benzene rings is 9. The van der Waals surface area contributed by atoms with E-state index in [1.807, 2.05) is 12.1 Å². The summed E-state index contributed by atoms with van der Waals surface area (Å²) in [7, 11) is 0. The Hall–Kier alpha value is -7.82. The molecule has 4 nitrogen and oxygen atoms in total. The molecule has 12 rings (SSSR count). The first-order valence-corrected chi connectivity index (χ1v) is 19.7. The van der Waals surface area contributed by atoms with Crippen molar-refractivity contribution in [3.05, 3.63) is 206 Å². The Morgan fingerprint density at radius 3 is 1.74 bits per heavy atom. The van der Waals surface area contributed by atoms with Crippen LogP contribution in [0.4, 0.5) is 0 Å². The van der Waals surface area contributed by atoms with E-state index < -0.39 is 0 Å². The zero-order valence-electron chi connectivity index (χ0n) is 31.4. The van der Waals surface area contributed by atoms with Crippen LogP contribution in [0.3, 0.4) is 0 Å². The molecule has 58 heavy (non-hydrogen) atoms. The smallest absolute Gasteiger partial charge is 0.165 e. The molecule has 270 valence electrons. The summed E-state index contributed by atoms with van der Waals surface area (Å²) in [4.78, 5) is 11.0. The zero-order valence-corrected chi connectivity index (χ0v) is 31.4. The number of hydrogen-bond donors (Lipinski definition) is 0. The van der Waals surface area contributed by atoms with E-state index >= 15 is 0 Å². The molecule has 0 N–H and O–H groups in total. The van der Waals surface area contributed by atoms with Crippen LogP contribution >= 0.6 is 0 Å². The van der Waals surface area contributed by atoms with Gasteiger partial charge in [0.25, 0.3) is 0 Å². The monoisotopic (exact) mass is 738 g/mol. The van der Waals surface area contributed by atoms with E-state index in [9.17, 15) is 0 Å². The Kier molecular flexibility index (Phi) is 7.20. The van der Waals surface area contributed by atoms with Crippen LogP contribution in [0.2, 0.25) is 0 Å². The summed E-state index contributed by atoms with van der Waals surface area (Å²) in [5.41, 5.74) is 14.0. The van der Waals surface area contributed by atoms with Crippen molar-refractivity contribution in [2.75, 3.05) is 0 Å². The number of aromatic nitrogens is 4. The molecule has 0 bridgehead atoms. The zero-order chi connectivity index (χ0) is 38.2. The van der Waals surface area contributed by atoms with Crippen LogP contribution < -0.4 is 0 Å². The van der Waals surface area contributed by atoms with E-state index in [0.717, 1.165) is 50.3 Å². The Labute approximate surface area is 334 Å². The molecule has 0 unspecified atom stereocenters. The third kappa shape index (κ3) is 5.02. The van der Waals surface area contributed by atoms with Crippen LogP contribution in [0, 0.1) is 0 Å². The van der Waals surface area contributed by atoms with Crippen molar-refractivity contribution in [1.29, 1.82) is 0 Å². The predicted octanol–water partition coefficient (Wildman–Crippen LogP) is 14.0. The Morgan fingerprint density at radius 1 is 0.328 bits per heavy atom. The molecular formula is C54H34N4. The molecule has 0 aliphatic rings. The van der Waals surface area contributed by atoms with Gasteiger partial charge in [-0.15, -0.1) is 0 Å². The van der Waals surface area contributed by atoms with Crippen molar-refractivity contribution >= 4 is 65.4 Å². The number of hydrogen-bond acceptors (Lipinski definition) is 2. The van der Waals surface area contributed by atoms with Crippen molar-refractivity contribution < 1.29 is 0 Å². The SMILES string of the molecule is c1ccc(-c2ccc(-c3cccc4c3c3cc5ccccc5cc3n4-c3nc4ccccc4nc3-c3ccc4c(c3)c3ccccc3n4-c3ccccc3)cc2)cc1. The molecule has 9 aromatic carbocycles. The molecule has 0 saturated heterocycles. The standard InChI is InChI=1S/C54H34N4/c1-3-14-35(15-4-1)36-26-28-37(29-27-36)42-21-13-25-50-52(42)45-32-38-16-7-8-17-39(38)34-51(45)58(50)54-53(55-46-22-10-11-23-47(46)56-54)40-30-31-49-44(33-40)43-20-9-12-24-48(43)57(49)41-18-5-2-6-19-41/h1-34H. The molecule has 0 spiro atoms. The van der Waals surface area contributed by atoms with Gasteiger partial charge in [-0.05, 0) is 93.7 Å². The molecule has 3 aromatic heterocycles. The lowest BCUT2D eigenvalue weighted by molar-refractivity contribution is 1.08. The van der Waals surface area contributed by atoms with Crippen LogP contribution in [0.25, 0.3) is 110 Å². The van der Waals surface area contributed by atoms with Gasteiger partial charge in [0.1, 0.15) is 5.69 Å². The fraction of sp³-hybridized carbons (Fsp3) is 0. The summed E-state index contributed by atoms with van der Waals surface area (Å²) < 4.78 is 4.71.